The lowest BCUT2D eigenvalue weighted by Gasteiger charge is -2.43. The van der Waals surface area contributed by atoms with Gasteiger partial charge in [-0.3, -0.25) is 34.3 Å². The van der Waals surface area contributed by atoms with Crippen LogP contribution in [0.15, 0.2) is 48.7 Å². The third-order valence-electron chi connectivity index (χ3n) is 11.5. The molecule has 4 amide bonds. The van der Waals surface area contributed by atoms with Crippen LogP contribution in [-0.4, -0.2) is 76.4 Å². The molecule has 13 nitrogen and oxygen atoms in total. The van der Waals surface area contributed by atoms with Crippen molar-refractivity contribution in [3.05, 3.63) is 71.3 Å². The standard InChI is InChI=1S/C41H42F4N8O5S/c1-2-25-18-27(53-39(59)52(38(57)40(53)13-3-14-40)28-20-29(41(43,44)45)33(21-46)47-22-28)5-8-34(25)58-17-12-24-10-15-51(16-11-24)23-36(55)49-32-19-26(4-6-30(32)42)48-31-7-9-35(54)50-37(31)56/h4-6,8,18-20,22,24,31,48H,2-3,7,9-17,23H2,1H3,(H,49,55)(H,50,54,56). The molecular weight excluding hydrogens is 793 g/mol. The van der Waals surface area contributed by atoms with Gasteiger partial charge in [-0.1, -0.05) is 6.92 Å². The van der Waals surface area contributed by atoms with E-state index < -0.39 is 46.6 Å². The molecule has 1 unspecified atom stereocenters. The van der Waals surface area contributed by atoms with Crippen LogP contribution >= 0.6 is 12.2 Å². The number of aryl methyl sites for hydroxylation is 1. The van der Waals surface area contributed by atoms with E-state index in [4.69, 9.17) is 17.0 Å². The molecule has 1 aliphatic carbocycles. The Morgan fingerprint density at radius 3 is 2.51 bits per heavy atom. The van der Waals surface area contributed by atoms with Gasteiger partial charge in [-0.25, -0.2) is 9.37 Å². The highest BCUT2D eigenvalue weighted by molar-refractivity contribution is 7.81. The fourth-order valence-corrected chi connectivity index (χ4v) is 8.58. The van der Waals surface area contributed by atoms with E-state index in [-0.39, 0.29) is 41.3 Å². The summed E-state index contributed by atoms with van der Waals surface area (Å²) in [5.41, 5.74) is -1.28. The molecule has 1 spiro atoms. The van der Waals surface area contributed by atoms with Crippen molar-refractivity contribution in [1.29, 1.82) is 5.26 Å². The Hall–Kier alpha value is -5.67. The van der Waals surface area contributed by atoms with Crippen LogP contribution in [-0.2, 0) is 31.8 Å². The number of hydrogen-bond acceptors (Lipinski definition) is 10. The van der Waals surface area contributed by atoms with Gasteiger partial charge >= 0.3 is 6.18 Å². The van der Waals surface area contributed by atoms with E-state index in [2.05, 4.69) is 20.9 Å². The summed E-state index contributed by atoms with van der Waals surface area (Å²) in [6.45, 7) is 3.86. The molecule has 3 saturated heterocycles. The number of ether oxygens (including phenoxy) is 1. The van der Waals surface area contributed by atoms with Crippen LogP contribution in [0.4, 0.5) is 40.3 Å². The van der Waals surface area contributed by atoms with E-state index in [0.717, 1.165) is 48.4 Å². The first-order valence-corrected chi connectivity index (χ1v) is 20.0. The SMILES string of the molecule is CCc1cc(N2C(=S)N(c3cnc(C#N)c(C(F)(F)F)c3)C(=O)C23CCC3)ccc1OCCC1CCN(CC(=O)Nc2cc(NC3CCC(=O)NC3=O)ccc2F)CC1. The second-order valence-electron chi connectivity index (χ2n) is 15.2. The van der Waals surface area contributed by atoms with Gasteiger partial charge < -0.3 is 20.3 Å². The number of nitriles is 1. The average Bonchev–Trinajstić information content (AvgIpc) is 3.43. The first-order chi connectivity index (χ1) is 28.2. The number of piperidine rings is 2. The quantitative estimate of drug-likeness (QED) is 0.110. The number of likely N-dealkylation sites (tertiary alicyclic amines) is 1. The van der Waals surface area contributed by atoms with Crippen molar-refractivity contribution >= 4 is 63.7 Å². The maximum atomic E-state index is 14.6. The summed E-state index contributed by atoms with van der Waals surface area (Å²) in [6, 6.07) is 11.2. The number of halogens is 4. The molecule has 59 heavy (non-hydrogen) atoms. The van der Waals surface area contributed by atoms with Gasteiger partial charge in [0.15, 0.2) is 10.8 Å². The minimum Gasteiger partial charge on any atom is -0.493 e. The van der Waals surface area contributed by atoms with Gasteiger partial charge in [0.25, 0.3) is 5.91 Å². The fourth-order valence-electron chi connectivity index (χ4n) is 8.12. The van der Waals surface area contributed by atoms with E-state index in [1.807, 2.05) is 24.0 Å². The molecule has 310 valence electrons. The van der Waals surface area contributed by atoms with Crippen LogP contribution in [0, 0.1) is 23.1 Å². The number of benzene rings is 2. The van der Waals surface area contributed by atoms with Gasteiger partial charge in [-0.15, -0.1) is 0 Å². The Bertz CT molecular complexity index is 2220. The number of imide groups is 1. The Labute approximate surface area is 343 Å². The number of nitrogens with one attached hydrogen (secondary N) is 3. The predicted molar refractivity (Wildman–Crippen MR) is 213 cm³/mol. The van der Waals surface area contributed by atoms with Crippen LogP contribution in [0.1, 0.15) is 75.1 Å². The van der Waals surface area contributed by atoms with Gasteiger partial charge in [0, 0.05) is 17.8 Å². The summed E-state index contributed by atoms with van der Waals surface area (Å²) in [5.74, 6) is -1.17. The summed E-state index contributed by atoms with van der Waals surface area (Å²) in [5, 5.41) is 17.1. The molecule has 7 rings (SSSR count). The minimum absolute atomic E-state index is 0.0106. The lowest BCUT2D eigenvalue weighted by molar-refractivity contribution is -0.138. The van der Waals surface area contributed by atoms with E-state index in [1.165, 1.54) is 24.3 Å². The second kappa shape index (κ2) is 16.9. The number of anilines is 4. The molecule has 4 fully saturated rings. The normalized spacial score (nSPS) is 19.7. The number of nitrogens with zero attached hydrogens (tertiary/aromatic N) is 5. The summed E-state index contributed by atoms with van der Waals surface area (Å²) in [4.78, 5) is 58.9. The van der Waals surface area contributed by atoms with Crippen molar-refractivity contribution in [2.45, 2.75) is 82.5 Å². The van der Waals surface area contributed by atoms with E-state index >= 15 is 0 Å². The molecule has 1 atom stereocenters. The molecule has 0 radical (unpaired) electrons. The molecule has 3 aromatic rings. The first-order valence-electron chi connectivity index (χ1n) is 19.5. The average molecular weight is 835 g/mol. The van der Waals surface area contributed by atoms with E-state index in [9.17, 15) is 42.0 Å². The molecule has 18 heteroatoms. The van der Waals surface area contributed by atoms with Crippen LogP contribution < -0.4 is 30.5 Å². The molecule has 2 aromatic carbocycles. The third kappa shape index (κ3) is 8.58. The van der Waals surface area contributed by atoms with E-state index in [1.54, 1.807) is 11.0 Å². The van der Waals surface area contributed by atoms with Crippen molar-refractivity contribution in [2.24, 2.45) is 5.92 Å². The fraction of sp³-hybridized carbons (Fsp3) is 0.439. The summed E-state index contributed by atoms with van der Waals surface area (Å²) in [7, 11) is 0. The zero-order valence-corrected chi connectivity index (χ0v) is 33.0. The summed E-state index contributed by atoms with van der Waals surface area (Å²) in [6.07, 6.45) is 1.48. The van der Waals surface area contributed by atoms with Crippen LogP contribution in [0.5, 0.6) is 5.75 Å². The number of alkyl halides is 3. The highest BCUT2D eigenvalue weighted by Crippen LogP contribution is 2.49. The molecule has 0 bridgehead atoms. The van der Waals surface area contributed by atoms with Crippen molar-refractivity contribution < 1.29 is 41.5 Å². The molecule has 4 aliphatic rings. The Morgan fingerprint density at radius 2 is 1.85 bits per heavy atom. The Balaban J connectivity index is 0.916. The number of pyridine rings is 1. The largest absolute Gasteiger partial charge is 0.493 e. The van der Waals surface area contributed by atoms with Crippen molar-refractivity contribution in [3.8, 4) is 11.8 Å². The maximum absolute atomic E-state index is 14.6. The lowest BCUT2D eigenvalue weighted by Crippen LogP contribution is -2.55. The number of rotatable bonds is 12. The number of carbonyl (C=O) groups is 4. The van der Waals surface area contributed by atoms with Gasteiger partial charge in [0.1, 0.15) is 29.2 Å². The number of thiocarbonyl (C=S) groups is 1. The van der Waals surface area contributed by atoms with Gasteiger partial charge in [-0.2, -0.15) is 18.4 Å². The smallest absolute Gasteiger partial charge is 0.419 e. The molecule has 3 N–H and O–H groups in total. The number of aromatic nitrogens is 1. The first kappa shape index (κ1) is 41.5. The number of amides is 4. The van der Waals surface area contributed by atoms with E-state index in [0.29, 0.717) is 68.4 Å². The zero-order valence-electron chi connectivity index (χ0n) is 32.2. The summed E-state index contributed by atoms with van der Waals surface area (Å²) < 4.78 is 62.2. The number of carbonyl (C=O) groups excluding carboxylic acids is 4. The molecule has 4 heterocycles. The molecular formula is C41H42F4N8O5S. The Kier molecular flexibility index (Phi) is 11.9. The second-order valence-corrected chi connectivity index (χ2v) is 15.6. The predicted octanol–water partition coefficient (Wildman–Crippen LogP) is 6.07. The molecule has 1 aromatic heterocycles. The number of hydrogen-bond donors (Lipinski definition) is 3. The highest BCUT2D eigenvalue weighted by Gasteiger charge is 2.60. The van der Waals surface area contributed by atoms with Crippen LogP contribution in [0.2, 0.25) is 0 Å². The maximum Gasteiger partial charge on any atom is 0.419 e. The monoisotopic (exact) mass is 834 g/mol. The minimum atomic E-state index is -4.85. The summed E-state index contributed by atoms with van der Waals surface area (Å²) >= 11 is 5.77. The highest BCUT2D eigenvalue weighted by atomic mass is 32.1. The van der Waals surface area contributed by atoms with Gasteiger partial charge in [0.2, 0.25) is 17.7 Å². The topological polar surface area (TPSA) is 160 Å². The third-order valence-corrected chi connectivity index (χ3v) is 11.9. The van der Waals surface area contributed by atoms with Crippen molar-refractivity contribution in [3.63, 3.8) is 0 Å². The van der Waals surface area contributed by atoms with Crippen LogP contribution in [0.3, 0.4) is 0 Å². The van der Waals surface area contributed by atoms with Gasteiger partial charge in [-0.05, 0) is 131 Å². The Morgan fingerprint density at radius 1 is 1.08 bits per heavy atom. The lowest BCUT2D eigenvalue weighted by atomic mass is 9.75. The zero-order chi connectivity index (χ0) is 42.1. The molecule has 3 aliphatic heterocycles. The van der Waals surface area contributed by atoms with Gasteiger partial charge in [0.05, 0.1) is 36.3 Å². The van der Waals surface area contributed by atoms with Crippen molar-refractivity contribution in [1.82, 2.24) is 15.2 Å². The van der Waals surface area contributed by atoms with Crippen LogP contribution in [0.25, 0.3) is 0 Å². The molecule has 1 saturated carbocycles. The van der Waals surface area contributed by atoms with Crippen molar-refractivity contribution in [2.75, 3.05) is 46.7 Å².